The van der Waals surface area contributed by atoms with Crippen LogP contribution in [0.1, 0.15) is 24.1 Å². The minimum absolute atomic E-state index is 0.690. The van der Waals surface area contributed by atoms with Crippen molar-refractivity contribution in [2.75, 3.05) is 0 Å². The zero-order chi connectivity index (χ0) is 13.4. The van der Waals surface area contributed by atoms with E-state index in [9.17, 15) is 0 Å². The highest BCUT2D eigenvalue weighted by atomic mass is 79.9. The fourth-order valence-corrected chi connectivity index (χ4v) is 2.56. The first-order chi connectivity index (χ1) is 9.13. The van der Waals surface area contributed by atoms with Gasteiger partial charge >= 0.3 is 0 Å². The Hall–Kier alpha value is -0.840. The molecule has 19 heavy (non-hydrogen) atoms. The Bertz CT molecular complexity index is 585. The molecule has 1 heterocycles. The highest BCUT2D eigenvalue weighted by Crippen LogP contribution is 2.24. The Labute approximate surface area is 126 Å². The smallest absolute Gasteiger partial charge is 0.0819 e. The SMILES string of the molecule is Cc1nn(-c2ccc(Br)cc2CNC2CC2)cc1Cl. The standard InChI is InChI=1S/C14H15BrClN3/c1-9-13(16)8-19(18-9)14-5-2-11(15)6-10(14)7-17-12-3-4-12/h2,5-6,8,12,17H,3-4,7H2,1H3. The molecular weight excluding hydrogens is 326 g/mol. The average Bonchev–Trinajstić information content (AvgIpc) is 3.14. The number of halogens is 2. The van der Waals surface area contributed by atoms with E-state index in [1.807, 2.05) is 23.9 Å². The molecular formula is C14H15BrClN3. The Morgan fingerprint density at radius 3 is 2.89 bits per heavy atom. The third-order valence-electron chi connectivity index (χ3n) is 3.29. The van der Waals surface area contributed by atoms with Gasteiger partial charge in [-0.1, -0.05) is 27.5 Å². The first-order valence-electron chi connectivity index (χ1n) is 6.37. The van der Waals surface area contributed by atoms with Gasteiger partial charge in [0.2, 0.25) is 0 Å². The van der Waals surface area contributed by atoms with Crippen LogP contribution >= 0.6 is 27.5 Å². The molecule has 100 valence electrons. The number of hydrogen-bond acceptors (Lipinski definition) is 2. The highest BCUT2D eigenvalue weighted by molar-refractivity contribution is 9.10. The number of hydrogen-bond donors (Lipinski definition) is 1. The quantitative estimate of drug-likeness (QED) is 0.916. The zero-order valence-corrected chi connectivity index (χ0v) is 13.0. The van der Waals surface area contributed by atoms with Crippen LogP contribution in [0.25, 0.3) is 5.69 Å². The van der Waals surface area contributed by atoms with E-state index < -0.39 is 0 Å². The maximum atomic E-state index is 6.09. The average molecular weight is 341 g/mol. The van der Waals surface area contributed by atoms with Gasteiger partial charge in [0.05, 0.1) is 16.4 Å². The maximum absolute atomic E-state index is 6.09. The van der Waals surface area contributed by atoms with Gasteiger partial charge in [-0.15, -0.1) is 0 Å². The minimum atomic E-state index is 0.690. The van der Waals surface area contributed by atoms with Crippen LogP contribution in [0.5, 0.6) is 0 Å². The van der Waals surface area contributed by atoms with Crippen LogP contribution < -0.4 is 5.32 Å². The Morgan fingerprint density at radius 1 is 1.47 bits per heavy atom. The van der Waals surface area contributed by atoms with Crippen molar-refractivity contribution >= 4 is 27.5 Å². The van der Waals surface area contributed by atoms with Gasteiger partial charge in [0.1, 0.15) is 0 Å². The van der Waals surface area contributed by atoms with Crippen molar-refractivity contribution in [2.24, 2.45) is 0 Å². The topological polar surface area (TPSA) is 29.9 Å². The predicted octanol–water partition coefficient (Wildman–Crippen LogP) is 3.85. The number of aryl methyl sites for hydroxylation is 1. The molecule has 0 unspecified atom stereocenters. The van der Waals surface area contributed by atoms with E-state index in [0.717, 1.165) is 22.4 Å². The van der Waals surface area contributed by atoms with Crippen LogP contribution in [0.3, 0.4) is 0 Å². The molecule has 0 atom stereocenters. The number of nitrogens with zero attached hydrogens (tertiary/aromatic N) is 2. The molecule has 3 nitrogen and oxygen atoms in total. The maximum Gasteiger partial charge on any atom is 0.0819 e. The molecule has 3 rings (SSSR count). The lowest BCUT2D eigenvalue weighted by atomic mass is 10.2. The number of rotatable bonds is 4. The zero-order valence-electron chi connectivity index (χ0n) is 10.7. The van der Waals surface area contributed by atoms with Crippen LogP contribution in [0.2, 0.25) is 5.02 Å². The lowest BCUT2D eigenvalue weighted by Gasteiger charge is -2.11. The van der Waals surface area contributed by atoms with Crippen molar-refractivity contribution in [1.82, 2.24) is 15.1 Å². The van der Waals surface area contributed by atoms with Gasteiger partial charge in [-0.25, -0.2) is 4.68 Å². The summed E-state index contributed by atoms with van der Waals surface area (Å²) in [5, 5.41) is 8.69. The van der Waals surface area contributed by atoms with E-state index in [2.05, 4.69) is 38.5 Å². The Morgan fingerprint density at radius 2 is 2.26 bits per heavy atom. The first-order valence-corrected chi connectivity index (χ1v) is 7.54. The summed E-state index contributed by atoms with van der Waals surface area (Å²) >= 11 is 9.62. The van der Waals surface area contributed by atoms with Gasteiger partial charge in [-0.3, -0.25) is 0 Å². The van der Waals surface area contributed by atoms with E-state index in [1.54, 1.807) is 0 Å². The van der Waals surface area contributed by atoms with Crippen molar-refractivity contribution in [1.29, 1.82) is 0 Å². The summed E-state index contributed by atoms with van der Waals surface area (Å²) in [6, 6.07) is 6.92. The summed E-state index contributed by atoms with van der Waals surface area (Å²) < 4.78 is 2.94. The van der Waals surface area contributed by atoms with Gasteiger partial charge in [-0.2, -0.15) is 5.10 Å². The second-order valence-electron chi connectivity index (χ2n) is 4.94. The highest BCUT2D eigenvalue weighted by Gasteiger charge is 2.20. The molecule has 1 fully saturated rings. The van der Waals surface area contributed by atoms with Gasteiger partial charge in [0.25, 0.3) is 0 Å². The Kier molecular flexibility index (Phi) is 3.65. The van der Waals surface area contributed by atoms with Gasteiger partial charge in [-0.05, 0) is 43.5 Å². The number of aromatic nitrogens is 2. The molecule has 1 saturated carbocycles. The lowest BCUT2D eigenvalue weighted by molar-refractivity contribution is 0.680. The molecule has 2 aromatic rings. The largest absolute Gasteiger partial charge is 0.310 e. The van der Waals surface area contributed by atoms with Crippen LogP contribution in [0.4, 0.5) is 0 Å². The summed E-state index contributed by atoms with van der Waals surface area (Å²) in [5.74, 6) is 0. The second kappa shape index (κ2) is 5.27. The fraction of sp³-hybridized carbons (Fsp3) is 0.357. The Balaban J connectivity index is 1.93. The van der Waals surface area contributed by atoms with E-state index in [0.29, 0.717) is 11.1 Å². The molecule has 1 N–H and O–H groups in total. The van der Waals surface area contributed by atoms with Gasteiger partial charge in [0.15, 0.2) is 0 Å². The number of nitrogens with one attached hydrogen (secondary N) is 1. The molecule has 0 bridgehead atoms. The predicted molar refractivity (Wildman–Crippen MR) is 80.9 cm³/mol. The third-order valence-corrected chi connectivity index (χ3v) is 4.15. The third kappa shape index (κ3) is 3.02. The minimum Gasteiger partial charge on any atom is -0.310 e. The van der Waals surface area contributed by atoms with Crippen molar-refractivity contribution in [3.63, 3.8) is 0 Å². The van der Waals surface area contributed by atoms with Crippen molar-refractivity contribution in [3.8, 4) is 5.69 Å². The van der Waals surface area contributed by atoms with Crippen molar-refractivity contribution in [2.45, 2.75) is 32.4 Å². The number of benzene rings is 1. The summed E-state index contributed by atoms with van der Waals surface area (Å²) in [5.41, 5.74) is 3.15. The van der Waals surface area contributed by atoms with Crippen LogP contribution in [0.15, 0.2) is 28.9 Å². The molecule has 0 radical (unpaired) electrons. The summed E-state index contributed by atoms with van der Waals surface area (Å²) in [6.07, 6.45) is 4.44. The molecule has 1 aromatic heterocycles. The monoisotopic (exact) mass is 339 g/mol. The van der Waals surface area contributed by atoms with Crippen LogP contribution in [-0.4, -0.2) is 15.8 Å². The van der Waals surface area contributed by atoms with E-state index >= 15 is 0 Å². The fourth-order valence-electron chi connectivity index (χ4n) is 2.02. The van der Waals surface area contributed by atoms with E-state index in [-0.39, 0.29) is 0 Å². The normalized spacial score (nSPS) is 14.9. The van der Waals surface area contributed by atoms with Gasteiger partial charge in [0, 0.05) is 23.3 Å². The summed E-state index contributed by atoms with van der Waals surface area (Å²) in [6.45, 7) is 2.77. The van der Waals surface area contributed by atoms with Crippen molar-refractivity contribution in [3.05, 3.63) is 45.1 Å². The van der Waals surface area contributed by atoms with E-state index in [4.69, 9.17) is 11.6 Å². The molecule has 0 aliphatic heterocycles. The summed E-state index contributed by atoms with van der Waals surface area (Å²) in [4.78, 5) is 0. The molecule has 0 saturated heterocycles. The molecule has 0 spiro atoms. The molecule has 1 aromatic carbocycles. The van der Waals surface area contributed by atoms with E-state index in [1.165, 1.54) is 18.4 Å². The molecule has 0 amide bonds. The second-order valence-corrected chi connectivity index (χ2v) is 6.26. The van der Waals surface area contributed by atoms with Crippen molar-refractivity contribution < 1.29 is 0 Å². The van der Waals surface area contributed by atoms with Crippen LogP contribution in [-0.2, 0) is 6.54 Å². The first kappa shape index (κ1) is 13.2. The molecule has 5 heteroatoms. The molecule has 1 aliphatic carbocycles. The molecule has 1 aliphatic rings. The lowest BCUT2D eigenvalue weighted by Crippen LogP contribution is -2.17. The van der Waals surface area contributed by atoms with Gasteiger partial charge < -0.3 is 5.32 Å². The summed E-state index contributed by atoms with van der Waals surface area (Å²) in [7, 11) is 0. The van der Waals surface area contributed by atoms with Crippen LogP contribution in [0, 0.1) is 6.92 Å².